The number of carbonyl (C=O) groups is 1. The predicted octanol–water partition coefficient (Wildman–Crippen LogP) is 2.49. The Hall–Kier alpha value is -1.82. The second-order valence-corrected chi connectivity index (χ2v) is 3.25. The van der Waals surface area contributed by atoms with Crippen LogP contribution in [0.15, 0.2) is 18.2 Å². The number of nitriles is 1. The fraction of sp³-hybridized carbons (Fsp3) is 0.333. The number of nitrogens with zero attached hydrogens (tertiary/aromatic N) is 1. The summed E-state index contributed by atoms with van der Waals surface area (Å²) in [5.41, 5.74) is 1.36. The third-order valence-electron chi connectivity index (χ3n) is 2.14. The Morgan fingerprint density at radius 3 is 2.87 bits per heavy atom. The number of ether oxygens (including phenoxy) is 1. The van der Waals surface area contributed by atoms with Gasteiger partial charge in [-0.15, -0.1) is 0 Å². The number of benzene rings is 1. The highest BCUT2D eigenvalue weighted by Crippen LogP contribution is 2.23. The monoisotopic (exact) mass is 203 g/mol. The molecular formula is C12H13NO2. The lowest BCUT2D eigenvalue weighted by Crippen LogP contribution is -2.14. The van der Waals surface area contributed by atoms with Crippen molar-refractivity contribution in [3.63, 3.8) is 0 Å². The van der Waals surface area contributed by atoms with Gasteiger partial charge < -0.3 is 4.74 Å². The van der Waals surface area contributed by atoms with E-state index < -0.39 is 6.10 Å². The maximum absolute atomic E-state index is 10.8. The molecule has 0 heterocycles. The van der Waals surface area contributed by atoms with E-state index in [0.717, 1.165) is 11.8 Å². The zero-order valence-corrected chi connectivity index (χ0v) is 8.86. The third kappa shape index (κ3) is 2.57. The molecule has 0 N–H and O–H groups in total. The number of hydrogen-bond acceptors (Lipinski definition) is 3. The van der Waals surface area contributed by atoms with E-state index in [9.17, 15) is 4.79 Å². The molecule has 0 saturated carbocycles. The fourth-order valence-electron chi connectivity index (χ4n) is 1.27. The molecule has 0 aliphatic rings. The summed E-state index contributed by atoms with van der Waals surface area (Å²) in [5.74, 6) is 0.515. The molecule has 3 nitrogen and oxygen atoms in total. The summed E-state index contributed by atoms with van der Waals surface area (Å²) in [6.07, 6.45) is 0.847. The largest absolute Gasteiger partial charge is 0.475 e. The second kappa shape index (κ2) is 5.16. The minimum Gasteiger partial charge on any atom is -0.475 e. The van der Waals surface area contributed by atoms with Crippen LogP contribution in [0.1, 0.15) is 29.3 Å². The normalized spacial score (nSPS) is 11.5. The third-order valence-corrected chi connectivity index (χ3v) is 2.14. The van der Waals surface area contributed by atoms with Crippen molar-refractivity contribution in [1.82, 2.24) is 0 Å². The van der Waals surface area contributed by atoms with Crippen LogP contribution in [0.2, 0.25) is 0 Å². The van der Waals surface area contributed by atoms with Crippen LogP contribution in [0.3, 0.4) is 0 Å². The highest BCUT2D eigenvalue weighted by molar-refractivity contribution is 5.80. The van der Waals surface area contributed by atoms with Crippen LogP contribution in [-0.2, 0) is 0 Å². The molecule has 1 atom stereocenters. The zero-order valence-electron chi connectivity index (χ0n) is 8.86. The van der Waals surface area contributed by atoms with E-state index in [1.165, 1.54) is 0 Å². The molecule has 0 aromatic heterocycles. The highest BCUT2D eigenvalue weighted by Gasteiger charge is 2.11. The summed E-state index contributed by atoms with van der Waals surface area (Å²) < 4.78 is 5.47. The predicted molar refractivity (Wildman–Crippen MR) is 56.9 cm³/mol. The molecule has 0 bridgehead atoms. The summed E-state index contributed by atoms with van der Waals surface area (Å²) in [4.78, 5) is 10.8. The average Bonchev–Trinajstić information content (AvgIpc) is 2.27. The molecule has 15 heavy (non-hydrogen) atoms. The van der Waals surface area contributed by atoms with E-state index >= 15 is 0 Å². The Morgan fingerprint density at radius 1 is 1.60 bits per heavy atom. The van der Waals surface area contributed by atoms with Gasteiger partial charge in [0.05, 0.1) is 5.56 Å². The molecule has 0 radical (unpaired) electrons. The van der Waals surface area contributed by atoms with E-state index in [1.54, 1.807) is 12.1 Å². The molecule has 1 aromatic carbocycles. The first-order valence-corrected chi connectivity index (χ1v) is 4.84. The van der Waals surface area contributed by atoms with E-state index in [0.29, 0.717) is 17.7 Å². The van der Waals surface area contributed by atoms with Crippen molar-refractivity contribution in [3.05, 3.63) is 29.3 Å². The Bertz CT molecular complexity index is 393. The van der Waals surface area contributed by atoms with Gasteiger partial charge in [0.1, 0.15) is 11.8 Å². The summed E-state index contributed by atoms with van der Waals surface area (Å²) in [7, 11) is 0. The van der Waals surface area contributed by atoms with Gasteiger partial charge in [-0.05, 0) is 25.0 Å². The minimum absolute atomic E-state index is 0.490. The van der Waals surface area contributed by atoms with Crippen molar-refractivity contribution in [3.8, 4) is 11.8 Å². The maximum Gasteiger partial charge on any atom is 0.184 e. The molecule has 1 rings (SSSR count). The van der Waals surface area contributed by atoms with Crippen LogP contribution in [0, 0.1) is 18.3 Å². The molecule has 1 unspecified atom stereocenters. The molecule has 3 heteroatoms. The molecule has 0 saturated heterocycles. The minimum atomic E-state index is -0.496. The lowest BCUT2D eigenvalue weighted by molar-refractivity contribution is 0.111. The summed E-state index contributed by atoms with van der Waals surface area (Å²) in [6.45, 7) is 3.72. The van der Waals surface area contributed by atoms with Gasteiger partial charge in [-0.25, -0.2) is 0 Å². The van der Waals surface area contributed by atoms with Gasteiger partial charge in [-0.1, -0.05) is 19.1 Å². The number of para-hydroxylation sites is 1. The van der Waals surface area contributed by atoms with Gasteiger partial charge in [0.25, 0.3) is 0 Å². The Balaban J connectivity index is 3.02. The van der Waals surface area contributed by atoms with Crippen LogP contribution >= 0.6 is 0 Å². The smallest absolute Gasteiger partial charge is 0.184 e. The fourth-order valence-corrected chi connectivity index (χ4v) is 1.27. The Kier molecular flexibility index (Phi) is 3.87. The topological polar surface area (TPSA) is 50.1 Å². The number of rotatable bonds is 4. The van der Waals surface area contributed by atoms with Crippen LogP contribution < -0.4 is 4.74 Å². The van der Waals surface area contributed by atoms with Gasteiger partial charge in [0.15, 0.2) is 12.4 Å². The van der Waals surface area contributed by atoms with E-state index in [1.807, 2.05) is 26.0 Å². The number of carbonyl (C=O) groups excluding carboxylic acids is 1. The summed E-state index contributed by atoms with van der Waals surface area (Å²) in [5, 5.41) is 8.78. The highest BCUT2D eigenvalue weighted by atomic mass is 16.5. The van der Waals surface area contributed by atoms with Crippen molar-refractivity contribution in [2.24, 2.45) is 0 Å². The lowest BCUT2D eigenvalue weighted by Gasteiger charge is -2.14. The molecule has 0 spiro atoms. The standard InChI is InChI=1S/C12H13NO2/c1-3-11(7-13)15-12-9(2)5-4-6-10(12)8-14/h4-6,8,11H,3H2,1-2H3. The van der Waals surface area contributed by atoms with Crippen molar-refractivity contribution in [2.75, 3.05) is 0 Å². The first kappa shape index (κ1) is 11.3. The molecule has 0 amide bonds. The Labute approximate surface area is 89.3 Å². The summed E-state index contributed by atoms with van der Waals surface area (Å²) in [6, 6.07) is 7.37. The first-order chi connectivity index (χ1) is 7.22. The van der Waals surface area contributed by atoms with Crippen molar-refractivity contribution in [2.45, 2.75) is 26.4 Å². The van der Waals surface area contributed by atoms with Gasteiger partial charge >= 0.3 is 0 Å². The SMILES string of the molecule is CCC(C#N)Oc1c(C)cccc1C=O. The van der Waals surface area contributed by atoms with Gasteiger partial charge in [0.2, 0.25) is 0 Å². The van der Waals surface area contributed by atoms with Gasteiger partial charge in [-0.3, -0.25) is 4.79 Å². The van der Waals surface area contributed by atoms with Crippen molar-refractivity contribution < 1.29 is 9.53 Å². The van der Waals surface area contributed by atoms with Crippen LogP contribution in [0.4, 0.5) is 0 Å². The van der Waals surface area contributed by atoms with E-state index in [-0.39, 0.29) is 0 Å². The van der Waals surface area contributed by atoms with Crippen LogP contribution in [0.5, 0.6) is 5.75 Å². The Morgan fingerprint density at radius 2 is 2.33 bits per heavy atom. The number of aryl methyl sites for hydroxylation is 1. The average molecular weight is 203 g/mol. The van der Waals surface area contributed by atoms with Crippen LogP contribution in [-0.4, -0.2) is 12.4 Å². The summed E-state index contributed by atoms with van der Waals surface area (Å²) >= 11 is 0. The second-order valence-electron chi connectivity index (χ2n) is 3.25. The molecule has 0 aliphatic carbocycles. The van der Waals surface area contributed by atoms with Crippen LogP contribution in [0.25, 0.3) is 0 Å². The molecule has 0 fully saturated rings. The lowest BCUT2D eigenvalue weighted by atomic mass is 10.1. The zero-order chi connectivity index (χ0) is 11.3. The van der Waals surface area contributed by atoms with Crippen molar-refractivity contribution >= 4 is 6.29 Å². The molecule has 0 aliphatic heterocycles. The maximum atomic E-state index is 10.8. The van der Waals surface area contributed by atoms with Crippen molar-refractivity contribution in [1.29, 1.82) is 5.26 Å². The van der Waals surface area contributed by atoms with Gasteiger partial charge in [-0.2, -0.15) is 5.26 Å². The van der Waals surface area contributed by atoms with E-state index in [2.05, 4.69) is 0 Å². The number of aldehydes is 1. The first-order valence-electron chi connectivity index (χ1n) is 4.84. The van der Waals surface area contributed by atoms with E-state index in [4.69, 9.17) is 10.00 Å². The molecule has 1 aromatic rings. The number of hydrogen-bond donors (Lipinski definition) is 0. The molecular weight excluding hydrogens is 190 g/mol. The molecule has 78 valence electrons. The van der Waals surface area contributed by atoms with Gasteiger partial charge in [0, 0.05) is 0 Å². The quantitative estimate of drug-likeness (QED) is 0.706.